The molecule has 0 saturated carbocycles. The Bertz CT molecular complexity index is 682. The van der Waals surface area contributed by atoms with E-state index in [-0.39, 0.29) is 42.0 Å². The molecule has 1 saturated heterocycles. The summed E-state index contributed by atoms with van der Waals surface area (Å²) in [6.07, 6.45) is 1.35. The van der Waals surface area contributed by atoms with Crippen molar-refractivity contribution in [3.8, 4) is 0 Å². The minimum Gasteiger partial charge on any atom is -0.450 e. The number of carbonyl (C=O) groups excluding carboxylic acids is 1. The van der Waals surface area contributed by atoms with Gasteiger partial charge in [-0.3, -0.25) is 4.99 Å². The average Bonchev–Trinajstić information content (AvgIpc) is 2.69. The molecule has 0 spiro atoms. The summed E-state index contributed by atoms with van der Waals surface area (Å²) >= 11 is 0. The number of aliphatic imine (C=N–C) groups is 1. The minimum atomic E-state index is -0.844. The monoisotopic (exact) mass is 524 g/mol. The molecule has 2 rings (SSSR count). The Morgan fingerprint density at radius 2 is 1.97 bits per heavy atom. The van der Waals surface area contributed by atoms with Gasteiger partial charge in [-0.15, -0.1) is 24.0 Å². The number of piperidine rings is 1. The summed E-state index contributed by atoms with van der Waals surface area (Å²) in [6.45, 7) is 8.53. The molecule has 1 aliphatic heterocycles. The van der Waals surface area contributed by atoms with E-state index in [4.69, 9.17) is 4.74 Å². The number of carbonyl (C=O) groups is 1. The molecule has 1 unspecified atom stereocenters. The minimum absolute atomic E-state index is 0. The van der Waals surface area contributed by atoms with Crippen LogP contribution in [0.5, 0.6) is 0 Å². The van der Waals surface area contributed by atoms with Gasteiger partial charge in [-0.1, -0.05) is 13.0 Å². The first-order valence-electron chi connectivity index (χ1n) is 9.86. The molecule has 2 N–H and O–H groups in total. The van der Waals surface area contributed by atoms with Crippen LogP contribution < -0.4 is 10.6 Å². The van der Waals surface area contributed by atoms with Crippen molar-refractivity contribution >= 4 is 36.0 Å². The summed E-state index contributed by atoms with van der Waals surface area (Å²) in [4.78, 5) is 18.1. The zero-order chi connectivity index (χ0) is 20.5. The van der Waals surface area contributed by atoms with Crippen molar-refractivity contribution in [1.29, 1.82) is 0 Å². The van der Waals surface area contributed by atoms with E-state index >= 15 is 0 Å². The van der Waals surface area contributed by atoms with E-state index in [0.717, 1.165) is 18.9 Å². The van der Waals surface area contributed by atoms with E-state index < -0.39 is 11.6 Å². The van der Waals surface area contributed by atoms with Crippen LogP contribution in [0.3, 0.4) is 0 Å². The topological polar surface area (TPSA) is 66.0 Å². The Morgan fingerprint density at radius 3 is 2.55 bits per heavy atom. The third-order valence-electron chi connectivity index (χ3n) is 4.74. The van der Waals surface area contributed by atoms with Crippen LogP contribution >= 0.6 is 24.0 Å². The molecule has 0 aromatic heterocycles. The van der Waals surface area contributed by atoms with Crippen molar-refractivity contribution in [2.24, 2.45) is 4.99 Å². The first kappa shape index (κ1) is 25.4. The van der Waals surface area contributed by atoms with Crippen LogP contribution in [0.25, 0.3) is 0 Å². The zero-order valence-corrected chi connectivity index (χ0v) is 19.5. The van der Waals surface area contributed by atoms with Crippen LogP contribution in [0.2, 0.25) is 0 Å². The number of hydrogen-bond donors (Lipinski definition) is 2. The van der Waals surface area contributed by atoms with Crippen molar-refractivity contribution < 1.29 is 18.3 Å². The third kappa shape index (κ3) is 7.94. The highest BCUT2D eigenvalue weighted by atomic mass is 127. The predicted molar refractivity (Wildman–Crippen MR) is 121 cm³/mol. The number of likely N-dealkylation sites (tertiary alicyclic amines) is 1. The summed E-state index contributed by atoms with van der Waals surface area (Å²) in [7, 11) is 0. The number of rotatable bonds is 6. The Kier molecular flexibility index (Phi) is 11.2. The SMILES string of the molecule is CCNC(=NCC(C)c1ccc(F)c(F)c1)NC1CCN(C(=O)OCC)CC1.I. The van der Waals surface area contributed by atoms with Crippen molar-refractivity contribution in [1.82, 2.24) is 15.5 Å². The highest BCUT2D eigenvalue weighted by molar-refractivity contribution is 14.0. The zero-order valence-electron chi connectivity index (χ0n) is 17.2. The molecule has 1 atom stereocenters. The first-order chi connectivity index (χ1) is 13.4. The normalized spacial score (nSPS) is 16.0. The molecule has 1 amide bonds. The lowest BCUT2D eigenvalue weighted by Gasteiger charge is -2.32. The number of halogens is 3. The summed E-state index contributed by atoms with van der Waals surface area (Å²) in [5.74, 6) is -1.04. The highest BCUT2D eigenvalue weighted by Gasteiger charge is 2.24. The summed E-state index contributed by atoms with van der Waals surface area (Å²) < 4.78 is 31.6. The largest absolute Gasteiger partial charge is 0.450 e. The number of nitrogens with one attached hydrogen (secondary N) is 2. The van der Waals surface area contributed by atoms with E-state index in [2.05, 4.69) is 15.6 Å². The number of guanidine groups is 1. The van der Waals surface area contributed by atoms with Crippen LogP contribution in [-0.2, 0) is 4.74 Å². The number of ether oxygens (including phenoxy) is 1. The van der Waals surface area contributed by atoms with E-state index in [0.29, 0.717) is 44.3 Å². The highest BCUT2D eigenvalue weighted by Crippen LogP contribution is 2.18. The van der Waals surface area contributed by atoms with Crippen LogP contribution in [0.4, 0.5) is 13.6 Å². The van der Waals surface area contributed by atoms with Gasteiger partial charge < -0.3 is 20.3 Å². The summed E-state index contributed by atoms with van der Waals surface area (Å²) in [6, 6.07) is 4.17. The molecular formula is C20H31F2IN4O2. The molecule has 0 aliphatic carbocycles. The second kappa shape index (κ2) is 12.8. The maximum absolute atomic E-state index is 13.4. The molecule has 1 heterocycles. The van der Waals surface area contributed by atoms with Crippen LogP contribution in [0.15, 0.2) is 23.2 Å². The van der Waals surface area contributed by atoms with Crippen molar-refractivity contribution in [3.05, 3.63) is 35.4 Å². The van der Waals surface area contributed by atoms with E-state index in [1.807, 2.05) is 13.8 Å². The predicted octanol–water partition coefficient (Wildman–Crippen LogP) is 3.86. The van der Waals surface area contributed by atoms with E-state index in [1.54, 1.807) is 17.9 Å². The smallest absolute Gasteiger partial charge is 0.409 e. The number of benzene rings is 1. The number of nitrogens with zero attached hydrogens (tertiary/aromatic N) is 2. The van der Waals surface area contributed by atoms with Crippen LogP contribution in [-0.4, -0.2) is 55.8 Å². The molecule has 9 heteroatoms. The van der Waals surface area contributed by atoms with Gasteiger partial charge in [0.1, 0.15) is 0 Å². The lowest BCUT2D eigenvalue weighted by molar-refractivity contribution is 0.0963. The van der Waals surface area contributed by atoms with Gasteiger partial charge in [0.15, 0.2) is 17.6 Å². The molecule has 29 heavy (non-hydrogen) atoms. The Labute approximate surface area is 188 Å². The molecule has 1 fully saturated rings. The molecule has 0 bridgehead atoms. The van der Waals surface area contributed by atoms with E-state index in [9.17, 15) is 13.6 Å². The van der Waals surface area contributed by atoms with Gasteiger partial charge in [0.25, 0.3) is 0 Å². The van der Waals surface area contributed by atoms with Gasteiger partial charge in [0.2, 0.25) is 0 Å². The van der Waals surface area contributed by atoms with Gasteiger partial charge in [0.05, 0.1) is 6.61 Å². The summed E-state index contributed by atoms with van der Waals surface area (Å²) in [5.41, 5.74) is 0.709. The molecule has 164 valence electrons. The maximum atomic E-state index is 13.4. The van der Waals surface area contributed by atoms with Crippen LogP contribution in [0.1, 0.15) is 45.1 Å². The van der Waals surface area contributed by atoms with Gasteiger partial charge in [-0.25, -0.2) is 13.6 Å². The molecule has 1 aliphatic rings. The average molecular weight is 524 g/mol. The fraction of sp³-hybridized carbons (Fsp3) is 0.600. The fourth-order valence-corrected chi connectivity index (χ4v) is 3.09. The lowest BCUT2D eigenvalue weighted by atomic mass is 10.0. The van der Waals surface area contributed by atoms with Crippen molar-refractivity contribution in [2.75, 3.05) is 32.8 Å². The van der Waals surface area contributed by atoms with Crippen molar-refractivity contribution in [2.45, 2.75) is 45.6 Å². The van der Waals surface area contributed by atoms with E-state index in [1.165, 1.54) is 6.07 Å². The molecule has 1 aromatic carbocycles. The van der Waals surface area contributed by atoms with Gasteiger partial charge in [-0.05, 0) is 44.4 Å². The molecular weight excluding hydrogens is 493 g/mol. The third-order valence-corrected chi connectivity index (χ3v) is 4.74. The van der Waals surface area contributed by atoms with Gasteiger partial charge >= 0.3 is 6.09 Å². The molecule has 1 aromatic rings. The molecule has 0 radical (unpaired) electrons. The Balaban J connectivity index is 0.00000420. The second-order valence-electron chi connectivity index (χ2n) is 6.90. The lowest BCUT2D eigenvalue weighted by Crippen LogP contribution is -2.50. The maximum Gasteiger partial charge on any atom is 0.409 e. The van der Waals surface area contributed by atoms with Gasteiger partial charge in [-0.2, -0.15) is 0 Å². The quantitative estimate of drug-likeness (QED) is 0.337. The number of hydrogen-bond acceptors (Lipinski definition) is 3. The Morgan fingerprint density at radius 1 is 1.28 bits per heavy atom. The number of amides is 1. The standard InChI is InChI=1S/C20H30F2N4O2.HI/c1-4-23-19(24-13-14(3)15-6-7-17(21)18(22)12-15)25-16-8-10-26(11-9-16)20(27)28-5-2;/h6-7,12,14,16H,4-5,8-11,13H2,1-3H3,(H2,23,24,25);1H. The fourth-order valence-electron chi connectivity index (χ4n) is 3.09. The van der Waals surface area contributed by atoms with Crippen molar-refractivity contribution in [3.63, 3.8) is 0 Å². The Hall–Kier alpha value is -1.65. The van der Waals surface area contributed by atoms with Crippen LogP contribution in [0, 0.1) is 11.6 Å². The molecule has 6 nitrogen and oxygen atoms in total. The second-order valence-corrected chi connectivity index (χ2v) is 6.90. The van der Waals surface area contributed by atoms with Gasteiger partial charge in [0, 0.05) is 38.1 Å². The first-order valence-corrected chi connectivity index (χ1v) is 9.86. The summed E-state index contributed by atoms with van der Waals surface area (Å²) in [5, 5.41) is 6.61.